The summed E-state index contributed by atoms with van der Waals surface area (Å²) < 4.78 is 0. The van der Waals surface area contributed by atoms with Gasteiger partial charge in [0.2, 0.25) is 0 Å². The lowest BCUT2D eigenvalue weighted by Gasteiger charge is -2.06. The first-order valence-electron chi connectivity index (χ1n) is 3.94. The van der Waals surface area contributed by atoms with E-state index in [1.54, 1.807) is 6.07 Å². The van der Waals surface area contributed by atoms with Crippen molar-refractivity contribution in [2.75, 3.05) is 11.9 Å². The fourth-order valence-corrected chi connectivity index (χ4v) is 0.780. The Morgan fingerprint density at radius 1 is 1.77 bits per heavy atom. The summed E-state index contributed by atoms with van der Waals surface area (Å²) >= 11 is 0. The first kappa shape index (κ1) is 9.42. The van der Waals surface area contributed by atoms with Crippen molar-refractivity contribution in [1.82, 2.24) is 10.2 Å². The van der Waals surface area contributed by atoms with Gasteiger partial charge in [0.25, 0.3) is 0 Å². The summed E-state index contributed by atoms with van der Waals surface area (Å²) in [7, 11) is 0. The highest BCUT2D eigenvalue weighted by atomic mass is 15.2. The average Bonchev–Trinajstić information content (AvgIpc) is 2.15. The number of anilines is 1. The van der Waals surface area contributed by atoms with Crippen LogP contribution < -0.4 is 11.1 Å². The van der Waals surface area contributed by atoms with Gasteiger partial charge in [-0.25, -0.2) is 0 Å². The monoisotopic (exact) mass is 177 g/mol. The van der Waals surface area contributed by atoms with Gasteiger partial charge in [-0.1, -0.05) is 0 Å². The van der Waals surface area contributed by atoms with E-state index in [0.717, 1.165) is 0 Å². The molecule has 0 fully saturated rings. The minimum Gasteiger partial charge on any atom is -0.367 e. The van der Waals surface area contributed by atoms with Gasteiger partial charge in [0.05, 0.1) is 11.8 Å². The molecule has 0 aliphatic rings. The van der Waals surface area contributed by atoms with E-state index in [1.807, 2.05) is 13.0 Å². The van der Waals surface area contributed by atoms with E-state index in [4.69, 9.17) is 11.0 Å². The van der Waals surface area contributed by atoms with Crippen molar-refractivity contribution in [3.63, 3.8) is 0 Å². The van der Waals surface area contributed by atoms with Crippen LogP contribution in [0.5, 0.6) is 0 Å². The van der Waals surface area contributed by atoms with Crippen LogP contribution in [0.1, 0.15) is 12.5 Å². The topological polar surface area (TPSA) is 87.6 Å². The molecule has 0 spiro atoms. The molecular weight excluding hydrogens is 166 g/mol. The third-order valence-electron chi connectivity index (χ3n) is 1.39. The van der Waals surface area contributed by atoms with E-state index in [2.05, 4.69) is 15.5 Å². The summed E-state index contributed by atoms with van der Waals surface area (Å²) in [6, 6.07) is 3.66. The third kappa shape index (κ3) is 3.05. The number of nitriles is 1. The number of nitrogens with one attached hydrogen (secondary N) is 1. The van der Waals surface area contributed by atoms with Crippen LogP contribution >= 0.6 is 0 Å². The van der Waals surface area contributed by atoms with Gasteiger partial charge in [-0.15, -0.1) is 5.10 Å². The van der Waals surface area contributed by atoms with Gasteiger partial charge in [0, 0.05) is 18.7 Å². The zero-order chi connectivity index (χ0) is 9.68. The Bertz CT molecular complexity index is 315. The maximum absolute atomic E-state index is 8.57. The molecule has 68 valence electrons. The Morgan fingerprint density at radius 3 is 3.15 bits per heavy atom. The van der Waals surface area contributed by atoms with Crippen LogP contribution in [-0.2, 0) is 0 Å². The maximum Gasteiger partial charge on any atom is 0.150 e. The molecule has 1 aromatic heterocycles. The second kappa shape index (κ2) is 4.38. The summed E-state index contributed by atoms with van der Waals surface area (Å²) in [6.45, 7) is 2.50. The Morgan fingerprint density at radius 2 is 2.54 bits per heavy atom. The molecule has 5 nitrogen and oxygen atoms in total. The fraction of sp³-hybridized carbons (Fsp3) is 0.375. The standard InChI is InChI=1S/C8H11N5/c1-6(10)4-11-8-2-7(3-9)5-12-13-8/h2,5-6H,4,10H2,1H3,(H,11,13). The van der Waals surface area contributed by atoms with E-state index in [9.17, 15) is 0 Å². The molecule has 0 amide bonds. The van der Waals surface area contributed by atoms with Crippen LogP contribution in [0.4, 0.5) is 5.82 Å². The average molecular weight is 177 g/mol. The molecule has 0 aliphatic heterocycles. The molecule has 5 heteroatoms. The van der Waals surface area contributed by atoms with Crippen molar-refractivity contribution >= 4 is 5.82 Å². The van der Waals surface area contributed by atoms with Gasteiger partial charge in [-0.3, -0.25) is 0 Å². The van der Waals surface area contributed by atoms with Gasteiger partial charge in [-0.2, -0.15) is 10.4 Å². The lowest BCUT2D eigenvalue weighted by Crippen LogP contribution is -2.25. The summed E-state index contributed by atoms with van der Waals surface area (Å²) in [6.07, 6.45) is 1.41. The van der Waals surface area contributed by atoms with Crippen molar-refractivity contribution in [3.8, 4) is 6.07 Å². The number of rotatable bonds is 3. The zero-order valence-electron chi connectivity index (χ0n) is 7.36. The molecule has 1 aromatic rings. The van der Waals surface area contributed by atoms with Gasteiger partial charge < -0.3 is 11.1 Å². The van der Waals surface area contributed by atoms with Crippen molar-refractivity contribution in [2.24, 2.45) is 5.73 Å². The molecule has 0 radical (unpaired) electrons. The van der Waals surface area contributed by atoms with Crippen LogP contribution in [0.25, 0.3) is 0 Å². The number of aromatic nitrogens is 2. The van der Waals surface area contributed by atoms with E-state index in [0.29, 0.717) is 17.9 Å². The summed E-state index contributed by atoms with van der Waals surface area (Å²) in [5.41, 5.74) is 6.02. The molecule has 1 rings (SSSR count). The van der Waals surface area contributed by atoms with E-state index >= 15 is 0 Å². The predicted molar refractivity (Wildman–Crippen MR) is 48.9 cm³/mol. The highest BCUT2D eigenvalue weighted by molar-refractivity contribution is 5.40. The van der Waals surface area contributed by atoms with E-state index < -0.39 is 0 Å². The van der Waals surface area contributed by atoms with E-state index in [1.165, 1.54) is 6.20 Å². The largest absolute Gasteiger partial charge is 0.367 e. The first-order chi connectivity index (χ1) is 6.22. The van der Waals surface area contributed by atoms with Crippen LogP contribution in [-0.4, -0.2) is 22.8 Å². The molecule has 0 saturated heterocycles. The minimum absolute atomic E-state index is 0.0486. The minimum atomic E-state index is 0.0486. The fourth-order valence-electron chi connectivity index (χ4n) is 0.780. The molecule has 0 aromatic carbocycles. The van der Waals surface area contributed by atoms with Gasteiger partial charge in [0.15, 0.2) is 0 Å². The molecule has 13 heavy (non-hydrogen) atoms. The number of hydrogen-bond donors (Lipinski definition) is 2. The molecule has 0 aliphatic carbocycles. The SMILES string of the molecule is CC(N)CNc1cc(C#N)cnn1. The lowest BCUT2D eigenvalue weighted by atomic mass is 10.3. The third-order valence-corrected chi connectivity index (χ3v) is 1.39. The van der Waals surface area contributed by atoms with Crippen molar-refractivity contribution < 1.29 is 0 Å². The first-order valence-corrected chi connectivity index (χ1v) is 3.94. The molecule has 1 atom stereocenters. The Hall–Kier alpha value is -1.67. The highest BCUT2D eigenvalue weighted by Gasteiger charge is 1.98. The molecule has 0 bridgehead atoms. The van der Waals surface area contributed by atoms with Crippen LogP contribution in [0.15, 0.2) is 12.3 Å². The Balaban J connectivity index is 2.63. The zero-order valence-corrected chi connectivity index (χ0v) is 7.36. The van der Waals surface area contributed by atoms with E-state index in [-0.39, 0.29) is 6.04 Å². The smallest absolute Gasteiger partial charge is 0.150 e. The Labute approximate surface area is 76.6 Å². The van der Waals surface area contributed by atoms with Gasteiger partial charge >= 0.3 is 0 Å². The van der Waals surface area contributed by atoms with Gasteiger partial charge in [-0.05, 0) is 6.92 Å². The van der Waals surface area contributed by atoms with Crippen LogP contribution in [0.2, 0.25) is 0 Å². The predicted octanol–water partition coefficient (Wildman–Crippen LogP) is 0.107. The second-order valence-electron chi connectivity index (χ2n) is 2.80. The maximum atomic E-state index is 8.57. The number of nitrogens with zero attached hydrogens (tertiary/aromatic N) is 3. The summed E-state index contributed by atoms with van der Waals surface area (Å²) in [5.74, 6) is 0.580. The van der Waals surface area contributed by atoms with Crippen LogP contribution in [0.3, 0.4) is 0 Å². The van der Waals surface area contributed by atoms with Crippen molar-refractivity contribution in [1.29, 1.82) is 5.26 Å². The Kier molecular flexibility index (Phi) is 3.17. The molecule has 3 N–H and O–H groups in total. The molecule has 0 saturated carbocycles. The molecular formula is C8H11N5. The second-order valence-corrected chi connectivity index (χ2v) is 2.80. The normalized spacial score (nSPS) is 11.8. The molecule has 1 heterocycles. The van der Waals surface area contributed by atoms with Gasteiger partial charge in [0.1, 0.15) is 11.9 Å². The summed E-state index contributed by atoms with van der Waals surface area (Å²) in [4.78, 5) is 0. The molecule has 1 unspecified atom stereocenters. The number of hydrogen-bond acceptors (Lipinski definition) is 5. The highest BCUT2D eigenvalue weighted by Crippen LogP contribution is 2.02. The van der Waals surface area contributed by atoms with Crippen molar-refractivity contribution in [3.05, 3.63) is 17.8 Å². The number of nitrogens with two attached hydrogens (primary N) is 1. The lowest BCUT2D eigenvalue weighted by molar-refractivity contribution is 0.774. The summed E-state index contributed by atoms with van der Waals surface area (Å²) in [5, 5.41) is 19.0. The quantitative estimate of drug-likeness (QED) is 0.684. The van der Waals surface area contributed by atoms with Crippen LogP contribution in [0, 0.1) is 11.3 Å². The van der Waals surface area contributed by atoms with Crippen molar-refractivity contribution in [2.45, 2.75) is 13.0 Å².